The van der Waals surface area contributed by atoms with E-state index in [1.807, 2.05) is 10.7 Å². The van der Waals surface area contributed by atoms with E-state index in [0.29, 0.717) is 5.69 Å². The van der Waals surface area contributed by atoms with E-state index in [1.165, 1.54) is 11.6 Å². The average molecular weight is 321 g/mol. The number of aryl methyl sites for hydroxylation is 2. The summed E-state index contributed by atoms with van der Waals surface area (Å²) in [4.78, 5) is 22.5. The maximum atomic E-state index is 11.5. The Balaban J connectivity index is 1.97. The Hall–Kier alpha value is -2.22. The normalized spacial score (nSPS) is 21.0. The molecule has 0 amide bonds. The van der Waals surface area contributed by atoms with E-state index in [9.17, 15) is 14.7 Å². The summed E-state index contributed by atoms with van der Waals surface area (Å²) in [6, 6.07) is 1.92. The number of aromatic nitrogens is 2. The summed E-state index contributed by atoms with van der Waals surface area (Å²) < 4.78 is 1.92. The first kappa shape index (κ1) is 14.7. The number of carbonyl (C=O) groups is 2. The number of hydrogen-bond donors (Lipinski definition) is 3. The third-order valence-corrected chi connectivity index (χ3v) is 4.81. The molecule has 3 rings (SSSR count). The molecule has 22 heavy (non-hydrogen) atoms. The molecule has 0 aromatic carbocycles. The SMILES string of the molecule is O=C(O)C1=CSC(c2cc3n(n2)CCCC3)C(C(=O)O)=CN1. The lowest BCUT2D eigenvalue weighted by molar-refractivity contribution is -0.134. The van der Waals surface area contributed by atoms with Crippen LogP contribution in [-0.4, -0.2) is 31.9 Å². The monoisotopic (exact) mass is 321 g/mol. The predicted octanol–water partition coefficient (Wildman–Crippen LogP) is 1.49. The summed E-state index contributed by atoms with van der Waals surface area (Å²) >= 11 is 1.14. The minimum Gasteiger partial charge on any atom is -0.478 e. The van der Waals surface area contributed by atoms with Gasteiger partial charge in [0, 0.05) is 23.8 Å². The number of nitrogens with one attached hydrogen (secondary N) is 1. The molecule has 0 saturated carbocycles. The summed E-state index contributed by atoms with van der Waals surface area (Å²) in [5.41, 5.74) is 1.80. The molecule has 0 saturated heterocycles. The van der Waals surface area contributed by atoms with Crippen LogP contribution in [0.5, 0.6) is 0 Å². The van der Waals surface area contributed by atoms with Crippen molar-refractivity contribution in [3.05, 3.63) is 40.3 Å². The molecule has 0 spiro atoms. The smallest absolute Gasteiger partial charge is 0.352 e. The Morgan fingerprint density at radius 3 is 2.82 bits per heavy atom. The summed E-state index contributed by atoms with van der Waals surface area (Å²) in [5, 5.41) is 26.4. The molecule has 1 atom stereocenters. The molecule has 2 aliphatic rings. The van der Waals surface area contributed by atoms with Crippen molar-refractivity contribution in [3.63, 3.8) is 0 Å². The van der Waals surface area contributed by atoms with Gasteiger partial charge in [-0.15, -0.1) is 11.8 Å². The average Bonchev–Trinajstić information content (AvgIpc) is 2.77. The van der Waals surface area contributed by atoms with Gasteiger partial charge in [-0.3, -0.25) is 4.68 Å². The molecule has 0 fully saturated rings. The number of fused-ring (bicyclic) bond motifs is 1. The highest BCUT2D eigenvalue weighted by molar-refractivity contribution is 8.02. The number of thioether (sulfide) groups is 1. The van der Waals surface area contributed by atoms with Gasteiger partial charge in [-0.05, 0) is 25.3 Å². The summed E-state index contributed by atoms with van der Waals surface area (Å²) in [7, 11) is 0. The van der Waals surface area contributed by atoms with Crippen molar-refractivity contribution in [2.75, 3.05) is 0 Å². The zero-order chi connectivity index (χ0) is 15.7. The largest absolute Gasteiger partial charge is 0.478 e. The van der Waals surface area contributed by atoms with Crippen molar-refractivity contribution in [2.45, 2.75) is 31.1 Å². The highest BCUT2D eigenvalue weighted by Gasteiger charge is 2.29. The molecule has 2 aliphatic heterocycles. The van der Waals surface area contributed by atoms with Crippen LogP contribution in [0.25, 0.3) is 0 Å². The van der Waals surface area contributed by atoms with Crippen LogP contribution in [0.3, 0.4) is 0 Å². The van der Waals surface area contributed by atoms with E-state index in [2.05, 4.69) is 10.4 Å². The molecule has 3 heterocycles. The molecule has 0 radical (unpaired) electrons. The molecule has 1 aromatic heterocycles. The van der Waals surface area contributed by atoms with Gasteiger partial charge in [0.2, 0.25) is 0 Å². The fourth-order valence-electron chi connectivity index (χ4n) is 2.56. The lowest BCUT2D eigenvalue weighted by atomic mass is 10.1. The lowest BCUT2D eigenvalue weighted by Gasteiger charge is -2.12. The van der Waals surface area contributed by atoms with Crippen LogP contribution in [0, 0.1) is 0 Å². The summed E-state index contributed by atoms with van der Waals surface area (Å²) in [5.74, 6) is -2.21. The molecular weight excluding hydrogens is 306 g/mol. The minimum atomic E-state index is -1.13. The predicted molar refractivity (Wildman–Crippen MR) is 80.1 cm³/mol. The molecule has 1 unspecified atom stereocenters. The van der Waals surface area contributed by atoms with E-state index in [0.717, 1.165) is 43.3 Å². The second-order valence-corrected chi connectivity index (χ2v) is 6.12. The zero-order valence-corrected chi connectivity index (χ0v) is 12.5. The van der Waals surface area contributed by atoms with Gasteiger partial charge in [0.05, 0.1) is 16.5 Å². The Kier molecular flexibility index (Phi) is 3.93. The topological polar surface area (TPSA) is 104 Å². The van der Waals surface area contributed by atoms with Crippen LogP contribution < -0.4 is 5.32 Å². The fraction of sp³-hybridized carbons (Fsp3) is 0.357. The van der Waals surface area contributed by atoms with Gasteiger partial charge in [0.25, 0.3) is 0 Å². The zero-order valence-electron chi connectivity index (χ0n) is 11.7. The Morgan fingerprint density at radius 1 is 1.32 bits per heavy atom. The molecule has 0 bridgehead atoms. The second kappa shape index (κ2) is 5.88. The van der Waals surface area contributed by atoms with Crippen LogP contribution >= 0.6 is 11.8 Å². The van der Waals surface area contributed by atoms with Crippen molar-refractivity contribution in [1.82, 2.24) is 15.1 Å². The first-order valence-electron chi connectivity index (χ1n) is 6.91. The third kappa shape index (κ3) is 2.74. The Bertz CT molecular complexity index is 669. The quantitative estimate of drug-likeness (QED) is 0.774. The number of carboxylic acids is 2. The molecule has 0 aliphatic carbocycles. The highest BCUT2D eigenvalue weighted by atomic mass is 32.2. The standard InChI is InChI=1S/C14H15N3O4S/c18-13(19)9-6-15-11(14(20)21)7-22-12(9)10-5-8-3-1-2-4-17(8)16-10/h5-7,12,15H,1-4H2,(H,18,19)(H,20,21). The number of carboxylic acid groups (broad SMARTS) is 2. The second-order valence-electron chi connectivity index (χ2n) is 5.14. The maximum absolute atomic E-state index is 11.5. The van der Waals surface area contributed by atoms with E-state index in [-0.39, 0.29) is 11.3 Å². The van der Waals surface area contributed by atoms with Crippen molar-refractivity contribution >= 4 is 23.7 Å². The molecular formula is C14H15N3O4S. The number of hydrogen-bond acceptors (Lipinski definition) is 5. The van der Waals surface area contributed by atoms with Gasteiger partial charge >= 0.3 is 11.9 Å². The molecule has 7 nitrogen and oxygen atoms in total. The van der Waals surface area contributed by atoms with E-state index in [1.54, 1.807) is 0 Å². The van der Waals surface area contributed by atoms with Crippen LogP contribution in [0.1, 0.15) is 29.5 Å². The van der Waals surface area contributed by atoms with Gasteiger partial charge in [0.1, 0.15) is 5.70 Å². The van der Waals surface area contributed by atoms with Gasteiger partial charge in [-0.2, -0.15) is 5.10 Å². The Labute approximate surface area is 130 Å². The van der Waals surface area contributed by atoms with Crippen molar-refractivity contribution < 1.29 is 19.8 Å². The van der Waals surface area contributed by atoms with Gasteiger partial charge in [-0.1, -0.05) is 0 Å². The van der Waals surface area contributed by atoms with Crippen molar-refractivity contribution in [3.8, 4) is 0 Å². The van der Waals surface area contributed by atoms with Crippen LogP contribution in [-0.2, 0) is 22.6 Å². The Morgan fingerprint density at radius 2 is 2.14 bits per heavy atom. The number of aliphatic carboxylic acids is 2. The van der Waals surface area contributed by atoms with E-state index >= 15 is 0 Å². The van der Waals surface area contributed by atoms with Crippen molar-refractivity contribution in [1.29, 1.82) is 0 Å². The summed E-state index contributed by atoms with van der Waals surface area (Å²) in [6.45, 7) is 0.841. The number of rotatable bonds is 3. The van der Waals surface area contributed by atoms with Crippen molar-refractivity contribution in [2.24, 2.45) is 0 Å². The first-order chi connectivity index (χ1) is 10.6. The molecule has 116 valence electrons. The van der Waals surface area contributed by atoms with Gasteiger partial charge < -0.3 is 15.5 Å². The first-order valence-corrected chi connectivity index (χ1v) is 7.86. The van der Waals surface area contributed by atoms with Crippen LogP contribution in [0.15, 0.2) is 28.9 Å². The fourth-order valence-corrected chi connectivity index (χ4v) is 3.57. The molecule has 3 N–H and O–H groups in total. The van der Waals surface area contributed by atoms with Gasteiger partial charge in [0.15, 0.2) is 0 Å². The maximum Gasteiger partial charge on any atom is 0.352 e. The summed E-state index contributed by atoms with van der Waals surface area (Å²) in [6.07, 6.45) is 4.35. The van der Waals surface area contributed by atoms with Crippen LogP contribution in [0.4, 0.5) is 0 Å². The van der Waals surface area contributed by atoms with E-state index < -0.39 is 17.2 Å². The van der Waals surface area contributed by atoms with E-state index in [4.69, 9.17) is 5.11 Å². The van der Waals surface area contributed by atoms with Crippen LogP contribution in [0.2, 0.25) is 0 Å². The molecule has 8 heteroatoms. The lowest BCUT2D eigenvalue weighted by Crippen LogP contribution is -2.16. The molecule has 1 aromatic rings. The number of nitrogens with zero attached hydrogens (tertiary/aromatic N) is 2. The minimum absolute atomic E-state index is 0.0461. The third-order valence-electron chi connectivity index (χ3n) is 3.67. The highest BCUT2D eigenvalue weighted by Crippen LogP contribution is 2.38. The van der Waals surface area contributed by atoms with Gasteiger partial charge in [-0.25, -0.2) is 9.59 Å².